The van der Waals surface area contributed by atoms with Gasteiger partial charge in [0.1, 0.15) is 5.76 Å². The molecule has 4 heteroatoms. The molecule has 0 N–H and O–H groups in total. The molecular weight excluding hydrogens is 312 g/mol. The van der Waals surface area contributed by atoms with Crippen LogP contribution in [0.4, 0.5) is 0 Å². The summed E-state index contributed by atoms with van der Waals surface area (Å²) in [6.07, 6.45) is 5.56. The third-order valence-corrected chi connectivity index (χ3v) is 5.85. The highest BCUT2D eigenvalue weighted by atomic mass is 16.3. The fourth-order valence-corrected chi connectivity index (χ4v) is 4.39. The van der Waals surface area contributed by atoms with Crippen LogP contribution >= 0.6 is 0 Å². The first kappa shape index (κ1) is 16.4. The normalized spacial score (nSPS) is 20.5. The zero-order valence-electron chi connectivity index (χ0n) is 14.9. The fourth-order valence-electron chi connectivity index (χ4n) is 4.39. The number of likely N-dealkylation sites (tertiary alicyclic amines) is 2. The lowest BCUT2D eigenvalue weighted by molar-refractivity contribution is -0.133. The van der Waals surface area contributed by atoms with Crippen molar-refractivity contribution >= 4 is 5.91 Å². The van der Waals surface area contributed by atoms with E-state index in [1.54, 1.807) is 6.26 Å². The first-order valence-electron chi connectivity index (χ1n) is 9.25. The van der Waals surface area contributed by atoms with Crippen molar-refractivity contribution in [3.63, 3.8) is 0 Å². The zero-order valence-corrected chi connectivity index (χ0v) is 14.9. The molecule has 1 amide bonds. The van der Waals surface area contributed by atoms with Crippen LogP contribution in [0.3, 0.4) is 0 Å². The predicted molar refractivity (Wildman–Crippen MR) is 96.9 cm³/mol. The number of hydrogen-bond donors (Lipinski definition) is 0. The molecule has 4 rings (SSSR count). The van der Waals surface area contributed by atoms with E-state index in [0.717, 1.165) is 51.2 Å². The number of benzene rings is 1. The summed E-state index contributed by atoms with van der Waals surface area (Å²) in [6, 6.07) is 12.5. The van der Waals surface area contributed by atoms with E-state index in [2.05, 4.69) is 41.0 Å². The van der Waals surface area contributed by atoms with Gasteiger partial charge in [-0.15, -0.1) is 0 Å². The second-order valence-electron chi connectivity index (χ2n) is 7.55. The molecule has 0 bridgehead atoms. The molecule has 2 fully saturated rings. The molecule has 132 valence electrons. The van der Waals surface area contributed by atoms with Crippen LogP contribution in [-0.2, 0) is 17.9 Å². The van der Waals surface area contributed by atoms with Gasteiger partial charge in [-0.2, -0.15) is 0 Å². The van der Waals surface area contributed by atoms with Crippen LogP contribution < -0.4 is 0 Å². The quantitative estimate of drug-likeness (QED) is 0.852. The molecule has 0 saturated carbocycles. The number of nitrogens with zero attached hydrogens (tertiary/aromatic N) is 2. The summed E-state index contributed by atoms with van der Waals surface area (Å²) in [5.74, 6) is 1.34. The van der Waals surface area contributed by atoms with E-state index < -0.39 is 0 Å². The average Bonchev–Trinajstić information content (AvgIpc) is 3.21. The summed E-state index contributed by atoms with van der Waals surface area (Å²) in [5.41, 5.74) is 2.56. The molecule has 4 nitrogen and oxygen atoms in total. The first-order valence-corrected chi connectivity index (χ1v) is 9.25. The molecule has 0 atom stereocenters. The van der Waals surface area contributed by atoms with Crippen LogP contribution in [0.1, 0.15) is 42.6 Å². The van der Waals surface area contributed by atoms with Crippen molar-refractivity contribution in [2.75, 3.05) is 13.1 Å². The van der Waals surface area contributed by atoms with Gasteiger partial charge in [0.05, 0.1) is 12.8 Å². The number of carbonyl (C=O) groups excluding carboxylic acids is 1. The second kappa shape index (κ2) is 6.68. The Balaban J connectivity index is 1.44. The Morgan fingerprint density at radius 3 is 2.64 bits per heavy atom. The molecule has 2 aromatic rings. The van der Waals surface area contributed by atoms with Crippen LogP contribution in [0.15, 0.2) is 47.1 Å². The lowest BCUT2D eigenvalue weighted by atomic mass is 9.84. The van der Waals surface area contributed by atoms with Crippen LogP contribution in [-0.4, -0.2) is 34.3 Å². The summed E-state index contributed by atoms with van der Waals surface area (Å²) in [6.45, 7) is 5.78. The molecule has 2 aliphatic heterocycles. The zero-order chi connectivity index (χ0) is 17.3. The molecule has 1 aromatic carbocycles. The number of rotatable bonds is 4. The largest absolute Gasteiger partial charge is 0.468 e. The Bertz CT molecular complexity index is 730. The molecule has 0 aliphatic carbocycles. The highest BCUT2D eigenvalue weighted by Gasteiger charge is 2.46. The van der Waals surface area contributed by atoms with Crippen molar-refractivity contribution in [3.8, 4) is 0 Å². The molecule has 2 aliphatic rings. The Morgan fingerprint density at radius 1 is 1.08 bits per heavy atom. The second-order valence-corrected chi connectivity index (χ2v) is 7.55. The van der Waals surface area contributed by atoms with Gasteiger partial charge in [0.15, 0.2) is 0 Å². The Hall–Kier alpha value is -2.07. The third-order valence-electron chi connectivity index (χ3n) is 5.85. The van der Waals surface area contributed by atoms with Gasteiger partial charge in [-0.05, 0) is 43.9 Å². The first-order chi connectivity index (χ1) is 12.1. The number of piperidine rings is 1. The summed E-state index contributed by atoms with van der Waals surface area (Å²) in [5, 5.41) is 0. The van der Waals surface area contributed by atoms with Crippen molar-refractivity contribution < 1.29 is 9.21 Å². The monoisotopic (exact) mass is 338 g/mol. The minimum atomic E-state index is 0.0560. The van der Waals surface area contributed by atoms with Gasteiger partial charge in [0.2, 0.25) is 5.91 Å². The van der Waals surface area contributed by atoms with Crippen molar-refractivity contribution in [2.24, 2.45) is 0 Å². The van der Waals surface area contributed by atoms with E-state index in [4.69, 9.17) is 4.42 Å². The number of amides is 1. The van der Waals surface area contributed by atoms with Gasteiger partial charge < -0.3 is 9.32 Å². The molecule has 0 unspecified atom stereocenters. The van der Waals surface area contributed by atoms with Crippen molar-refractivity contribution in [3.05, 3.63) is 59.5 Å². The molecule has 0 radical (unpaired) electrons. The number of carbonyl (C=O) groups is 1. The highest BCUT2D eigenvalue weighted by Crippen LogP contribution is 2.40. The van der Waals surface area contributed by atoms with Crippen LogP contribution in [0, 0.1) is 6.92 Å². The van der Waals surface area contributed by atoms with E-state index in [9.17, 15) is 4.79 Å². The number of hydrogen-bond acceptors (Lipinski definition) is 3. The van der Waals surface area contributed by atoms with Gasteiger partial charge in [0, 0.05) is 31.6 Å². The SMILES string of the molecule is Cc1cccc(CN2C(=O)CCC23CCN(Cc2ccco2)CC3)c1. The van der Waals surface area contributed by atoms with Crippen molar-refractivity contribution in [1.29, 1.82) is 0 Å². The Morgan fingerprint density at radius 2 is 1.92 bits per heavy atom. The molecular formula is C21H26N2O2. The molecule has 1 aromatic heterocycles. The standard InChI is InChI=1S/C21H26N2O2/c1-17-4-2-5-18(14-17)15-23-20(24)7-8-21(23)9-11-22(12-10-21)16-19-6-3-13-25-19/h2-6,13-14H,7-12,15-16H2,1H3. The van der Waals surface area contributed by atoms with Crippen LogP contribution in [0.5, 0.6) is 0 Å². The van der Waals surface area contributed by atoms with Gasteiger partial charge in [-0.3, -0.25) is 9.69 Å². The number of furan rings is 1. The Labute approximate surface area is 149 Å². The van der Waals surface area contributed by atoms with Crippen LogP contribution in [0.25, 0.3) is 0 Å². The van der Waals surface area contributed by atoms with E-state index in [-0.39, 0.29) is 5.54 Å². The maximum absolute atomic E-state index is 12.6. The maximum atomic E-state index is 12.6. The maximum Gasteiger partial charge on any atom is 0.223 e. The van der Waals surface area contributed by atoms with E-state index in [1.807, 2.05) is 12.1 Å². The summed E-state index contributed by atoms with van der Waals surface area (Å²) >= 11 is 0. The smallest absolute Gasteiger partial charge is 0.223 e. The summed E-state index contributed by atoms with van der Waals surface area (Å²) in [4.78, 5) is 17.2. The predicted octanol–water partition coefficient (Wildman–Crippen LogP) is 3.75. The lowest BCUT2D eigenvalue weighted by Crippen LogP contribution is -2.52. The fraction of sp³-hybridized carbons (Fsp3) is 0.476. The highest BCUT2D eigenvalue weighted by molar-refractivity contribution is 5.79. The summed E-state index contributed by atoms with van der Waals surface area (Å²) in [7, 11) is 0. The number of aryl methyl sites for hydroxylation is 1. The Kier molecular flexibility index (Phi) is 4.38. The third kappa shape index (κ3) is 3.36. The van der Waals surface area contributed by atoms with Crippen molar-refractivity contribution in [1.82, 2.24) is 9.80 Å². The van der Waals surface area contributed by atoms with E-state index >= 15 is 0 Å². The van der Waals surface area contributed by atoms with Gasteiger partial charge in [-0.1, -0.05) is 29.8 Å². The van der Waals surface area contributed by atoms with Gasteiger partial charge in [0.25, 0.3) is 0 Å². The molecule has 1 spiro atoms. The van der Waals surface area contributed by atoms with Gasteiger partial charge in [-0.25, -0.2) is 0 Å². The minimum Gasteiger partial charge on any atom is -0.468 e. The topological polar surface area (TPSA) is 36.7 Å². The lowest BCUT2D eigenvalue weighted by Gasteiger charge is -2.45. The van der Waals surface area contributed by atoms with Crippen LogP contribution in [0.2, 0.25) is 0 Å². The molecule has 25 heavy (non-hydrogen) atoms. The average molecular weight is 338 g/mol. The summed E-state index contributed by atoms with van der Waals surface area (Å²) < 4.78 is 5.48. The van der Waals surface area contributed by atoms with Crippen molar-refractivity contribution in [2.45, 2.75) is 51.2 Å². The molecule has 3 heterocycles. The minimum absolute atomic E-state index is 0.0560. The molecule has 2 saturated heterocycles. The van der Waals surface area contributed by atoms with E-state index in [0.29, 0.717) is 12.3 Å². The van der Waals surface area contributed by atoms with E-state index in [1.165, 1.54) is 11.1 Å². The van der Waals surface area contributed by atoms with Gasteiger partial charge >= 0.3 is 0 Å².